The standard InChI is InChI=1S/C32H42F2N4O7S2.ClH/c1-5-38(29(39)27(36-30(40)31(2,3)35)20-45-19-22-17-23(33)11-14-26(22)34)18-25-28(21-9-12-24(13-10-21)46(4,41)42)47(43,44)37-32(25)15-7-6-8-16-32;/h9-14,17,27,37H,5-8,15-16,18-20,35H2,1-4H3,(H,36,40);1H/t27-;/m1./s1. The lowest BCUT2D eigenvalue weighted by atomic mass is 9.76. The van der Waals surface area contributed by atoms with Crippen molar-refractivity contribution in [3.8, 4) is 0 Å². The molecule has 0 saturated heterocycles. The molecule has 48 heavy (non-hydrogen) atoms. The zero-order valence-corrected chi connectivity index (χ0v) is 29.8. The smallest absolute Gasteiger partial charge is 0.247 e. The Morgan fingerprint density at radius 2 is 1.73 bits per heavy atom. The normalized spacial score (nSPS) is 17.9. The molecular weight excluding hydrogens is 690 g/mol. The summed E-state index contributed by atoms with van der Waals surface area (Å²) in [6, 6.07) is 7.17. The first kappa shape index (κ1) is 39.5. The fourth-order valence-electron chi connectivity index (χ4n) is 5.93. The number of rotatable bonds is 12. The molecule has 1 heterocycles. The molecule has 1 aliphatic carbocycles. The minimum absolute atomic E-state index is 0. The molecule has 266 valence electrons. The van der Waals surface area contributed by atoms with Gasteiger partial charge in [0.05, 0.1) is 34.1 Å². The summed E-state index contributed by atoms with van der Waals surface area (Å²) in [6.45, 7) is 3.82. The number of hydrogen-bond acceptors (Lipinski definition) is 8. The highest BCUT2D eigenvalue weighted by atomic mass is 35.5. The van der Waals surface area contributed by atoms with Gasteiger partial charge in [0.1, 0.15) is 17.7 Å². The lowest BCUT2D eigenvalue weighted by Crippen LogP contribution is -2.58. The number of nitrogens with two attached hydrogens (primary N) is 1. The molecule has 1 fully saturated rings. The van der Waals surface area contributed by atoms with Gasteiger partial charge in [0.15, 0.2) is 9.84 Å². The number of sulfone groups is 1. The second-order valence-electron chi connectivity index (χ2n) is 12.7. The molecule has 1 saturated carbocycles. The van der Waals surface area contributed by atoms with Gasteiger partial charge in [-0.2, -0.15) is 0 Å². The van der Waals surface area contributed by atoms with Gasteiger partial charge < -0.3 is 20.7 Å². The first-order valence-corrected chi connectivity index (χ1v) is 18.7. The second kappa shape index (κ2) is 15.3. The Labute approximate surface area is 287 Å². The largest absolute Gasteiger partial charge is 0.374 e. The van der Waals surface area contributed by atoms with Crippen molar-refractivity contribution < 1.29 is 39.9 Å². The van der Waals surface area contributed by atoms with Gasteiger partial charge >= 0.3 is 0 Å². The van der Waals surface area contributed by atoms with Crippen molar-refractivity contribution >= 4 is 49.0 Å². The Kier molecular flexibility index (Phi) is 12.6. The minimum atomic E-state index is -4.07. The van der Waals surface area contributed by atoms with Gasteiger partial charge in [0.25, 0.3) is 0 Å². The zero-order valence-electron chi connectivity index (χ0n) is 27.3. The van der Waals surface area contributed by atoms with Crippen LogP contribution in [0.5, 0.6) is 0 Å². The van der Waals surface area contributed by atoms with Gasteiger partial charge in [-0.1, -0.05) is 31.4 Å². The lowest BCUT2D eigenvalue weighted by Gasteiger charge is -2.38. The number of nitrogens with zero attached hydrogens (tertiary/aromatic N) is 1. The number of nitrogens with one attached hydrogen (secondary N) is 2. The number of carbonyl (C=O) groups is 2. The SMILES string of the molecule is CCN(CC1=C(c2ccc(S(C)(=O)=O)cc2)S(=O)(=O)NC12CCCCC2)C(=O)[C@@H](COCc1cc(F)ccc1F)NC(=O)C(C)(C)N.Cl. The van der Waals surface area contributed by atoms with Gasteiger partial charge in [0.2, 0.25) is 21.8 Å². The van der Waals surface area contributed by atoms with Crippen LogP contribution in [0.4, 0.5) is 8.78 Å². The third-order valence-corrected chi connectivity index (χ3v) is 11.3. The molecular formula is C32H43ClF2N4O7S2. The Bertz CT molecular complexity index is 1760. The molecule has 2 aliphatic rings. The maximum atomic E-state index is 14.2. The number of sulfonamides is 1. The van der Waals surface area contributed by atoms with E-state index in [0.717, 1.165) is 43.7 Å². The van der Waals surface area contributed by atoms with Crippen LogP contribution in [0.1, 0.15) is 64.0 Å². The van der Waals surface area contributed by atoms with Crippen LogP contribution < -0.4 is 15.8 Å². The van der Waals surface area contributed by atoms with Crippen molar-refractivity contribution in [1.82, 2.24) is 14.9 Å². The highest BCUT2D eigenvalue weighted by molar-refractivity contribution is 7.99. The molecule has 2 aromatic carbocycles. The third kappa shape index (κ3) is 8.98. The topological polar surface area (TPSA) is 165 Å². The first-order valence-electron chi connectivity index (χ1n) is 15.4. The zero-order chi connectivity index (χ0) is 34.8. The van der Waals surface area contributed by atoms with Crippen molar-refractivity contribution in [2.75, 3.05) is 26.0 Å². The Morgan fingerprint density at radius 1 is 1.10 bits per heavy atom. The van der Waals surface area contributed by atoms with E-state index >= 15 is 0 Å². The van der Waals surface area contributed by atoms with E-state index in [1.165, 1.54) is 43.0 Å². The fraction of sp³-hybridized carbons (Fsp3) is 0.500. The third-order valence-electron chi connectivity index (χ3n) is 8.48. The molecule has 0 aromatic heterocycles. The van der Waals surface area contributed by atoms with Crippen LogP contribution in [0.2, 0.25) is 0 Å². The van der Waals surface area contributed by atoms with Crippen LogP contribution in [-0.4, -0.2) is 76.6 Å². The Balaban J connectivity index is 0.00000625. The molecule has 2 aromatic rings. The maximum absolute atomic E-state index is 14.2. The number of likely N-dealkylation sites (N-methyl/N-ethyl adjacent to an activating group) is 1. The number of halogens is 3. The molecule has 0 bridgehead atoms. The van der Waals surface area contributed by atoms with E-state index in [4.69, 9.17) is 10.5 Å². The van der Waals surface area contributed by atoms with Crippen molar-refractivity contribution in [3.05, 3.63) is 70.8 Å². The van der Waals surface area contributed by atoms with Crippen LogP contribution in [0.15, 0.2) is 52.9 Å². The summed E-state index contributed by atoms with van der Waals surface area (Å²) >= 11 is 0. The highest BCUT2D eigenvalue weighted by Crippen LogP contribution is 2.46. The second-order valence-corrected chi connectivity index (χ2v) is 16.3. The van der Waals surface area contributed by atoms with Crippen LogP contribution >= 0.6 is 12.4 Å². The van der Waals surface area contributed by atoms with E-state index in [-0.39, 0.29) is 53.0 Å². The molecule has 16 heteroatoms. The van der Waals surface area contributed by atoms with E-state index in [2.05, 4.69) is 10.0 Å². The van der Waals surface area contributed by atoms with Gasteiger partial charge in [-0.05, 0) is 75.1 Å². The summed E-state index contributed by atoms with van der Waals surface area (Å²) in [6.07, 6.45) is 4.48. The summed E-state index contributed by atoms with van der Waals surface area (Å²) < 4.78 is 88.1. The number of ether oxygens (including phenoxy) is 1. The van der Waals surface area contributed by atoms with Crippen LogP contribution in [0, 0.1) is 11.6 Å². The quantitative estimate of drug-likeness (QED) is 0.299. The average Bonchev–Trinajstić information content (AvgIpc) is 3.20. The molecule has 4 N–H and O–H groups in total. The van der Waals surface area contributed by atoms with Gasteiger partial charge in [0, 0.05) is 24.9 Å². The molecule has 1 aliphatic heterocycles. The summed E-state index contributed by atoms with van der Waals surface area (Å²) in [5.41, 5.74) is 4.32. The fourth-order valence-corrected chi connectivity index (χ4v) is 8.54. The van der Waals surface area contributed by atoms with Crippen molar-refractivity contribution in [2.45, 2.75) is 81.5 Å². The van der Waals surface area contributed by atoms with E-state index in [1.807, 2.05) is 0 Å². The van der Waals surface area contributed by atoms with E-state index in [9.17, 15) is 35.2 Å². The van der Waals surface area contributed by atoms with E-state index in [1.54, 1.807) is 6.92 Å². The lowest BCUT2D eigenvalue weighted by molar-refractivity contribution is -0.139. The number of amides is 2. The van der Waals surface area contributed by atoms with Crippen molar-refractivity contribution in [2.24, 2.45) is 5.73 Å². The Hall–Kier alpha value is -2.95. The van der Waals surface area contributed by atoms with E-state index < -0.39 is 67.0 Å². The first-order chi connectivity index (χ1) is 21.9. The summed E-state index contributed by atoms with van der Waals surface area (Å²) in [7, 11) is -7.61. The predicted molar refractivity (Wildman–Crippen MR) is 180 cm³/mol. The molecule has 1 spiro atoms. The number of benzene rings is 2. The minimum Gasteiger partial charge on any atom is -0.374 e. The number of hydrogen-bond donors (Lipinski definition) is 3. The molecule has 2 amide bonds. The molecule has 0 unspecified atom stereocenters. The molecule has 0 radical (unpaired) electrons. The van der Waals surface area contributed by atoms with Crippen molar-refractivity contribution in [3.63, 3.8) is 0 Å². The summed E-state index contributed by atoms with van der Waals surface area (Å²) in [4.78, 5) is 28.4. The predicted octanol–water partition coefficient (Wildman–Crippen LogP) is 3.42. The number of carbonyl (C=O) groups excluding carboxylic acids is 2. The Morgan fingerprint density at radius 3 is 2.29 bits per heavy atom. The maximum Gasteiger partial charge on any atom is 0.247 e. The van der Waals surface area contributed by atoms with Crippen LogP contribution in [0.25, 0.3) is 4.91 Å². The summed E-state index contributed by atoms with van der Waals surface area (Å²) in [5.74, 6) is -2.63. The van der Waals surface area contributed by atoms with Gasteiger partial charge in [-0.15, -0.1) is 12.4 Å². The van der Waals surface area contributed by atoms with E-state index in [0.29, 0.717) is 18.4 Å². The average molecular weight is 733 g/mol. The molecule has 11 nitrogen and oxygen atoms in total. The van der Waals surface area contributed by atoms with Crippen LogP contribution in [-0.2, 0) is 40.8 Å². The van der Waals surface area contributed by atoms with Gasteiger partial charge in [-0.25, -0.2) is 30.3 Å². The highest BCUT2D eigenvalue weighted by Gasteiger charge is 2.50. The molecule has 1 atom stereocenters. The van der Waals surface area contributed by atoms with Crippen LogP contribution in [0.3, 0.4) is 0 Å². The monoisotopic (exact) mass is 732 g/mol. The molecule has 4 rings (SSSR count). The van der Waals surface area contributed by atoms with Gasteiger partial charge in [-0.3, -0.25) is 9.59 Å². The van der Waals surface area contributed by atoms with Crippen molar-refractivity contribution in [1.29, 1.82) is 0 Å². The summed E-state index contributed by atoms with van der Waals surface area (Å²) in [5, 5.41) is 2.60.